The lowest BCUT2D eigenvalue weighted by molar-refractivity contribution is -0.135. The summed E-state index contributed by atoms with van der Waals surface area (Å²) in [6.07, 6.45) is 11.4. The van der Waals surface area contributed by atoms with E-state index in [9.17, 15) is 9.90 Å². The lowest BCUT2D eigenvalue weighted by Crippen LogP contribution is -2.28. The maximum absolute atomic E-state index is 11.2. The number of rotatable bonds is 9. The molecular weight excluding hydrogens is 314 g/mol. The zero-order chi connectivity index (χ0) is 17.6. The molecule has 0 bridgehead atoms. The van der Waals surface area contributed by atoms with E-state index in [1.807, 2.05) is 17.4 Å². The van der Waals surface area contributed by atoms with Gasteiger partial charge >= 0.3 is 5.97 Å². The van der Waals surface area contributed by atoms with Gasteiger partial charge in [0.15, 0.2) is 0 Å². The van der Waals surface area contributed by atoms with E-state index in [1.54, 1.807) is 6.20 Å². The second-order valence-electron chi connectivity index (χ2n) is 6.91. The van der Waals surface area contributed by atoms with Crippen molar-refractivity contribution in [3.8, 4) is 0 Å². The summed E-state index contributed by atoms with van der Waals surface area (Å²) < 4.78 is 2.09. The number of aryl methyl sites for hydroxylation is 2. The highest BCUT2D eigenvalue weighted by Gasteiger charge is 2.29. The Bertz CT molecular complexity index is 697. The third-order valence-electron chi connectivity index (χ3n) is 5.00. The number of carbonyl (C=O) groups is 1. The molecule has 1 atom stereocenters. The molecule has 2 aromatic rings. The molecule has 1 aliphatic heterocycles. The monoisotopic (exact) mass is 341 g/mol. The Morgan fingerprint density at radius 2 is 2.24 bits per heavy atom. The highest BCUT2D eigenvalue weighted by Crippen LogP contribution is 2.39. The number of hydrogen-bond donors (Lipinski definition) is 1. The smallest absolute Gasteiger partial charge is 0.323 e. The average molecular weight is 341 g/mol. The minimum Gasteiger partial charge on any atom is -0.480 e. The lowest BCUT2D eigenvalue weighted by atomic mass is 9.94. The van der Waals surface area contributed by atoms with E-state index in [4.69, 9.17) is 0 Å². The van der Waals surface area contributed by atoms with Gasteiger partial charge in [0.25, 0.3) is 0 Å². The van der Waals surface area contributed by atoms with Crippen LogP contribution in [-0.2, 0) is 17.8 Å². The second-order valence-corrected chi connectivity index (χ2v) is 6.91. The van der Waals surface area contributed by atoms with Crippen molar-refractivity contribution in [2.75, 3.05) is 18.0 Å². The number of benzene rings is 1. The Labute approximate surface area is 149 Å². The number of unbranched alkanes of at least 4 members (excludes halogenated alkanes) is 2. The van der Waals surface area contributed by atoms with Crippen molar-refractivity contribution < 1.29 is 9.90 Å². The molecular formula is C20H27N3O2. The third kappa shape index (κ3) is 4.41. The summed E-state index contributed by atoms with van der Waals surface area (Å²) in [5.74, 6) is -0.392. The second kappa shape index (κ2) is 8.19. The van der Waals surface area contributed by atoms with Gasteiger partial charge in [-0.15, -0.1) is 0 Å². The number of aliphatic carboxylic acids is 1. The standard InChI is InChI=1S/C20H27N3O2/c1-2-3-4-5-16-6-7-19-18(12-16)17(13-23(19)14-20(24)25)8-10-22-11-9-21-15-22/h6-7,9,11-12,15,17H,2-5,8,10,13-14H2,1H3,(H,24,25). The van der Waals surface area contributed by atoms with Crippen LogP contribution in [0.1, 0.15) is 49.7 Å². The van der Waals surface area contributed by atoms with Crippen molar-refractivity contribution in [2.45, 2.75) is 51.5 Å². The Kier molecular flexibility index (Phi) is 5.74. The summed E-state index contributed by atoms with van der Waals surface area (Å²) in [7, 11) is 0. The zero-order valence-electron chi connectivity index (χ0n) is 14.9. The molecule has 25 heavy (non-hydrogen) atoms. The van der Waals surface area contributed by atoms with Crippen LogP contribution in [0.5, 0.6) is 0 Å². The topological polar surface area (TPSA) is 58.4 Å². The maximum Gasteiger partial charge on any atom is 0.323 e. The largest absolute Gasteiger partial charge is 0.480 e. The minimum atomic E-state index is -0.770. The van der Waals surface area contributed by atoms with Gasteiger partial charge < -0.3 is 14.6 Å². The number of imidazole rings is 1. The maximum atomic E-state index is 11.2. The number of carboxylic acids is 1. The van der Waals surface area contributed by atoms with E-state index >= 15 is 0 Å². The summed E-state index contributed by atoms with van der Waals surface area (Å²) in [5, 5.41) is 9.21. The predicted molar refractivity (Wildman–Crippen MR) is 99.1 cm³/mol. The Hall–Kier alpha value is -2.30. The molecule has 134 valence electrons. The molecule has 1 aromatic carbocycles. The quantitative estimate of drug-likeness (QED) is 0.707. The Morgan fingerprint density at radius 1 is 1.36 bits per heavy atom. The Morgan fingerprint density at radius 3 is 2.96 bits per heavy atom. The SMILES string of the molecule is CCCCCc1ccc2c(c1)C(CCn1ccnc1)CN2CC(=O)O. The normalized spacial score (nSPS) is 16.2. The van der Waals surface area contributed by atoms with E-state index in [-0.39, 0.29) is 6.54 Å². The van der Waals surface area contributed by atoms with Crippen molar-refractivity contribution in [1.82, 2.24) is 9.55 Å². The highest BCUT2D eigenvalue weighted by molar-refractivity contribution is 5.76. The molecule has 0 spiro atoms. The van der Waals surface area contributed by atoms with Gasteiger partial charge in [-0.3, -0.25) is 4.79 Å². The lowest BCUT2D eigenvalue weighted by Gasteiger charge is -2.17. The van der Waals surface area contributed by atoms with Gasteiger partial charge in [0.05, 0.1) is 6.33 Å². The van der Waals surface area contributed by atoms with E-state index in [0.717, 1.165) is 31.6 Å². The fraction of sp³-hybridized carbons (Fsp3) is 0.500. The molecule has 3 rings (SSSR count). The molecule has 0 amide bonds. The van der Waals surface area contributed by atoms with Crippen LogP contribution in [0.2, 0.25) is 0 Å². The van der Waals surface area contributed by atoms with E-state index in [2.05, 4.69) is 34.7 Å². The highest BCUT2D eigenvalue weighted by atomic mass is 16.4. The number of carboxylic acid groups (broad SMARTS) is 1. The first kappa shape index (κ1) is 17.5. The number of anilines is 1. The molecule has 1 unspecified atom stereocenters. The van der Waals surface area contributed by atoms with E-state index in [0.29, 0.717) is 5.92 Å². The zero-order valence-corrected chi connectivity index (χ0v) is 14.9. The molecule has 0 radical (unpaired) electrons. The van der Waals surface area contributed by atoms with Crippen molar-refractivity contribution in [1.29, 1.82) is 0 Å². The molecule has 1 N–H and O–H groups in total. The average Bonchev–Trinajstić information content (AvgIpc) is 3.21. The number of hydrogen-bond acceptors (Lipinski definition) is 3. The third-order valence-corrected chi connectivity index (χ3v) is 5.00. The number of fused-ring (bicyclic) bond motifs is 1. The first-order valence-corrected chi connectivity index (χ1v) is 9.22. The molecule has 1 aromatic heterocycles. The van der Waals surface area contributed by atoms with Gasteiger partial charge in [-0.1, -0.05) is 31.9 Å². The minimum absolute atomic E-state index is 0.0732. The molecule has 1 aliphatic rings. The molecule has 2 heterocycles. The predicted octanol–water partition coefficient (Wildman–Crippen LogP) is 3.69. The summed E-state index contributed by atoms with van der Waals surface area (Å²) in [5.41, 5.74) is 3.78. The van der Waals surface area contributed by atoms with Gasteiger partial charge in [-0.2, -0.15) is 0 Å². The van der Waals surface area contributed by atoms with Gasteiger partial charge in [0.1, 0.15) is 6.54 Å². The van der Waals surface area contributed by atoms with Gasteiger partial charge in [-0.05, 0) is 36.5 Å². The number of nitrogens with zero attached hydrogens (tertiary/aromatic N) is 3. The summed E-state index contributed by atoms with van der Waals surface area (Å²) in [4.78, 5) is 17.3. The van der Waals surface area contributed by atoms with Crippen LogP contribution in [0.25, 0.3) is 0 Å². The van der Waals surface area contributed by atoms with Crippen molar-refractivity contribution in [3.63, 3.8) is 0 Å². The van der Waals surface area contributed by atoms with E-state index in [1.165, 1.54) is 30.4 Å². The van der Waals surface area contributed by atoms with Crippen molar-refractivity contribution >= 4 is 11.7 Å². The van der Waals surface area contributed by atoms with Crippen molar-refractivity contribution in [2.24, 2.45) is 0 Å². The first-order chi connectivity index (χ1) is 12.2. The molecule has 0 aliphatic carbocycles. The van der Waals surface area contributed by atoms with E-state index < -0.39 is 5.97 Å². The van der Waals surface area contributed by atoms with Crippen LogP contribution >= 0.6 is 0 Å². The fourth-order valence-electron chi connectivity index (χ4n) is 3.70. The molecule has 5 nitrogen and oxygen atoms in total. The van der Waals surface area contributed by atoms with Crippen LogP contribution in [0, 0.1) is 0 Å². The van der Waals surface area contributed by atoms with Crippen LogP contribution in [0.3, 0.4) is 0 Å². The van der Waals surface area contributed by atoms with Crippen LogP contribution in [0.4, 0.5) is 5.69 Å². The van der Waals surface area contributed by atoms with Crippen LogP contribution in [0.15, 0.2) is 36.9 Å². The Balaban J connectivity index is 1.75. The van der Waals surface area contributed by atoms with Gasteiger partial charge in [-0.25, -0.2) is 4.98 Å². The van der Waals surface area contributed by atoms with Gasteiger partial charge in [0.2, 0.25) is 0 Å². The summed E-state index contributed by atoms with van der Waals surface area (Å²) in [6.45, 7) is 3.99. The number of aromatic nitrogens is 2. The molecule has 0 fully saturated rings. The molecule has 0 saturated carbocycles. The summed E-state index contributed by atoms with van der Waals surface area (Å²) >= 11 is 0. The summed E-state index contributed by atoms with van der Waals surface area (Å²) in [6, 6.07) is 6.60. The first-order valence-electron chi connectivity index (χ1n) is 9.22. The fourth-order valence-corrected chi connectivity index (χ4v) is 3.70. The molecule has 5 heteroatoms. The van der Waals surface area contributed by atoms with Crippen LogP contribution in [-0.4, -0.2) is 33.7 Å². The van der Waals surface area contributed by atoms with Crippen LogP contribution < -0.4 is 4.90 Å². The molecule has 0 saturated heterocycles. The van der Waals surface area contributed by atoms with Crippen molar-refractivity contribution in [3.05, 3.63) is 48.0 Å². The van der Waals surface area contributed by atoms with Gasteiger partial charge in [0, 0.05) is 37.1 Å².